The van der Waals surface area contributed by atoms with Crippen LogP contribution in [0, 0.1) is 17.1 Å². The van der Waals surface area contributed by atoms with Crippen LogP contribution < -0.4 is 0 Å². The third kappa shape index (κ3) is 2.15. The molecule has 116 valence electrons. The van der Waals surface area contributed by atoms with Gasteiger partial charge < -0.3 is 0 Å². The predicted octanol–water partition coefficient (Wildman–Crippen LogP) is 3.64. The van der Waals surface area contributed by atoms with Crippen LogP contribution in [0.15, 0.2) is 48.8 Å². The van der Waals surface area contributed by atoms with Crippen molar-refractivity contribution >= 4 is 10.9 Å². The van der Waals surface area contributed by atoms with Crippen LogP contribution in [0.1, 0.15) is 5.56 Å². The van der Waals surface area contributed by atoms with Crippen molar-refractivity contribution in [3.05, 3.63) is 60.2 Å². The summed E-state index contributed by atoms with van der Waals surface area (Å²) in [6.45, 7) is 0. The number of hydrogen-bond donors (Lipinski definition) is 1. The van der Waals surface area contributed by atoms with Crippen LogP contribution in [0.2, 0.25) is 0 Å². The Bertz CT molecular complexity index is 1100. The number of fused-ring (bicyclic) bond motifs is 1. The van der Waals surface area contributed by atoms with Crippen LogP contribution in [-0.4, -0.2) is 20.0 Å². The molecule has 24 heavy (non-hydrogen) atoms. The van der Waals surface area contributed by atoms with Gasteiger partial charge in [0.25, 0.3) is 0 Å². The molecule has 5 nitrogen and oxygen atoms in total. The summed E-state index contributed by atoms with van der Waals surface area (Å²) < 4.78 is 15.9. The molecule has 0 saturated heterocycles. The van der Waals surface area contributed by atoms with Crippen molar-refractivity contribution in [1.82, 2.24) is 20.0 Å². The van der Waals surface area contributed by atoms with E-state index in [1.54, 1.807) is 41.2 Å². The van der Waals surface area contributed by atoms with Gasteiger partial charge in [0, 0.05) is 35.3 Å². The Kier molecular flexibility index (Phi) is 3.14. The van der Waals surface area contributed by atoms with Gasteiger partial charge in [0.15, 0.2) is 0 Å². The maximum atomic E-state index is 14.2. The minimum atomic E-state index is -0.361. The monoisotopic (exact) mass is 317 g/mol. The standard InChI is InChI=1S/C18H12FN5/c1-24-10-12(9-21-24)18-15-7-14(13-4-2-3-5-16(13)19)11(8-20)6-17(15)22-23-18/h2-7,9-10H,1H3,(H,22,23). The molecule has 2 aromatic carbocycles. The fourth-order valence-corrected chi connectivity index (χ4v) is 2.82. The first-order chi connectivity index (χ1) is 11.7. The second-order valence-corrected chi connectivity index (χ2v) is 5.51. The number of aromatic nitrogens is 4. The largest absolute Gasteiger partial charge is 0.277 e. The Morgan fingerprint density at radius 1 is 1.21 bits per heavy atom. The summed E-state index contributed by atoms with van der Waals surface area (Å²) in [5, 5.41) is 21.7. The van der Waals surface area contributed by atoms with Crippen molar-refractivity contribution in [2.75, 3.05) is 0 Å². The smallest absolute Gasteiger partial charge is 0.131 e. The van der Waals surface area contributed by atoms with Gasteiger partial charge in [-0.1, -0.05) is 18.2 Å². The molecule has 2 aromatic heterocycles. The van der Waals surface area contributed by atoms with Gasteiger partial charge in [0.05, 0.1) is 23.3 Å². The number of aryl methyl sites for hydroxylation is 1. The lowest BCUT2D eigenvalue weighted by Crippen LogP contribution is -1.89. The van der Waals surface area contributed by atoms with Gasteiger partial charge in [-0.3, -0.25) is 9.78 Å². The molecule has 0 aliphatic heterocycles. The minimum absolute atomic E-state index is 0.361. The summed E-state index contributed by atoms with van der Waals surface area (Å²) in [6.07, 6.45) is 3.58. The number of benzene rings is 2. The highest BCUT2D eigenvalue weighted by atomic mass is 19.1. The number of halogens is 1. The Balaban J connectivity index is 2.00. The first-order valence-corrected chi connectivity index (χ1v) is 7.33. The van der Waals surface area contributed by atoms with Crippen LogP contribution in [-0.2, 0) is 7.05 Å². The lowest BCUT2D eigenvalue weighted by atomic mass is 9.97. The first-order valence-electron chi connectivity index (χ1n) is 7.33. The van der Waals surface area contributed by atoms with E-state index in [1.807, 2.05) is 13.2 Å². The quantitative estimate of drug-likeness (QED) is 0.613. The summed E-state index contributed by atoms with van der Waals surface area (Å²) >= 11 is 0. The van der Waals surface area contributed by atoms with Crippen molar-refractivity contribution in [2.24, 2.45) is 7.05 Å². The molecule has 6 heteroatoms. The zero-order chi connectivity index (χ0) is 16.7. The van der Waals surface area contributed by atoms with Gasteiger partial charge in [-0.2, -0.15) is 15.5 Å². The molecule has 0 atom stereocenters. The Hall–Kier alpha value is -3.46. The maximum absolute atomic E-state index is 14.2. The molecule has 0 saturated carbocycles. The highest BCUT2D eigenvalue weighted by molar-refractivity contribution is 5.97. The number of aromatic amines is 1. The van der Waals surface area contributed by atoms with E-state index in [-0.39, 0.29) is 5.82 Å². The van der Waals surface area contributed by atoms with E-state index in [4.69, 9.17) is 0 Å². The molecule has 0 spiro atoms. The number of nitriles is 1. The Labute approximate surface area is 137 Å². The van der Waals surface area contributed by atoms with Gasteiger partial charge in [0.2, 0.25) is 0 Å². The van der Waals surface area contributed by atoms with Crippen LogP contribution in [0.5, 0.6) is 0 Å². The second kappa shape index (κ2) is 5.32. The lowest BCUT2D eigenvalue weighted by molar-refractivity contribution is 0.631. The summed E-state index contributed by atoms with van der Waals surface area (Å²) in [5.41, 5.74) is 3.65. The van der Waals surface area contributed by atoms with E-state index in [0.717, 1.165) is 22.2 Å². The molecule has 0 aliphatic carbocycles. The third-order valence-electron chi connectivity index (χ3n) is 3.96. The number of nitrogens with zero attached hydrogens (tertiary/aromatic N) is 4. The van der Waals surface area contributed by atoms with E-state index < -0.39 is 0 Å². The number of nitrogens with one attached hydrogen (secondary N) is 1. The normalized spacial score (nSPS) is 10.9. The average Bonchev–Trinajstić information content (AvgIpc) is 3.19. The van der Waals surface area contributed by atoms with E-state index in [1.165, 1.54) is 6.07 Å². The molecule has 0 bridgehead atoms. The highest BCUT2D eigenvalue weighted by Crippen LogP contribution is 2.33. The molecular formula is C18H12FN5. The Morgan fingerprint density at radius 2 is 2.04 bits per heavy atom. The van der Waals surface area contributed by atoms with Gasteiger partial charge in [0.1, 0.15) is 11.5 Å². The van der Waals surface area contributed by atoms with Crippen molar-refractivity contribution in [3.63, 3.8) is 0 Å². The summed E-state index contributed by atoms with van der Waals surface area (Å²) in [5.74, 6) is -0.361. The predicted molar refractivity (Wildman–Crippen MR) is 88.4 cm³/mol. The van der Waals surface area contributed by atoms with Crippen molar-refractivity contribution < 1.29 is 4.39 Å². The van der Waals surface area contributed by atoms with Gasteiger partial charge in [-0.15, -0.1) is 0 Å². The molecule has 0 unspecified atom stereocenters. The molecule has 0 amide bonds. The fraction of sp³-hybridized carbons (Fsp3) is 0.0556. The van der Waals surface area contributed by atoms with Gasteiger partial charge >= 0.3 is 0 Å². The first kappa shape index (κ1) is 14.2. The molecule has 2 heterocycles. The minimum Gasteiger partial charge on any atom is -0.277 e. The number of H-pyrrole nitrogens is 1. The second-order valence-electron chi connectivity index (χ2n) is 5.51. The average molecular weight is 317 g/mol. The van der Waals surface area contributed by atoms with Crippen molar-refractivity contribution in [3.8, 4) is 28.5 Å². The topological polar surface area (TPSA) is 70.3 Å². The number of hydrogen-bond acceptors (Lipinski definition) is 3. The molecule has 0 aliphatic rings. The van der Waals surface area contributed by atoms with E-state index in [9.17, 15) is 9.65 Å². The van der Waals surface area contributed by atoms with Crippen molar-refractivity contribution in [1.29, 1.82) is 5.26 Å². The zero-order valence-corrected chi connectivity index (χ0v) is 12.8. The molecule has 0 fully saturated rings. The maximum Gasteiger partial charge on any atom is 0.131 e. The molecule has 1 N–H and O–H groups in total. The van der Waals surface area contributed by atoms with Crippen LogP contribution >= 0.6 is 0 Å². The van der Waals surface area contributed by atoms with E-state index >= 15 is 0 Å². The lowest BCUT2D eigenvalue weighted by Gasteiger charge is -2.06. The van der Waals surface area contributed by atoms with Crippen molar-refractivity contribution in [2.45, 2.75) is 0 Å². The zero-order valence-electron chi connectivity index (χ0n) is 12.8. The molecule has 4 rings (SSSR count). The molecule has 0 radical (unpaired) electrons. The molecule has 4 aromatic rings. The Morgan fingerprint density at radius 3 is 2.75 bits per heavy atom. The fourth-order valence-electron chi connectivity index (χ4n) is 2.82. The van der Waals surface area contributed by atoms with Crippen LogP contribution in [0.4, 0.5) is 4.39 Å². The van der Waals surface area contributed by atoms with E-state index in [2.05, 4.69) is 21.4 Å². The summed E-state index contributed by atoms with van der Waals surface area (Å²) in [6, 6.07) is 12.1. The van der Waals surface area contributed by atoms with Gasteiger partial charge in [-0.05, 0) is 18.2 Å². The van der Waals surface area contributed by atoms with Gasteiger partial charge in [-0.25, -0.2) is 4.39 Å². The highest BCUT2D eigenvalue weighted by Gasteiger charge is 2.16. The van der Waals surface area contributed by atoms with Crippen LogP contribution in [0.25, 0.3) is 33.3 Å². The third-order valence-corrected chi connectivity index (χ3v) is 3.96. The summed E-state index contributed by atoms with van der Waals surface area (Å²) in [4.78, 5) is 0. The van der Waals surface area contributed by atoms with E-state index in [0.29, 0.717) is 16.7 Å². The van der Waals surface area contributed by atoms with Crippen LogP contribution in [0.3, 0.4) is 0 Å². The summed E-state index contributed by atoms with van der Waals surface area (Å²) in [7, 11) is 1.83. The number of rotatable bonds is 2. The molecular weight excluding hydrogens is 305 g/mol. The SMILES string of the molecule is Cn1cc(-c2n[nH]c3cc(C#N)c(-c4ccccc4F)cc23)cn1.